The van der Waals surface area contributed by atoms with Crippen LogP contribution in [0, 0.1) is 13.8 Å². The highest BCUT2D eigenvalue weighted by Crippen LogP contribution is 2.38. The minimum Gasteiger partial charge on any atom is -0.338 e. The van der Waals surface area contributed by atoms with E-state index in [0.29, 0.717) is 27.5 Å². The van der Waals surface area contributed by atoms with E-state index in [4.69, 9.17) is 11.6 Å². The van der Waals surface area contributed by atoms with Crippen LogP contribution in [0.15, 0.2) is 41.3 Å². The number of halogens is 1. The standard InChI is InChI=1S/C24H30ClN3O4S/c1-14(2)27(15(3)4)23(29)13-21-24(30)26-19-9-7-8-10-20(19)28(21)33(31,32)22-12-16(5)18(25)11-17(22)6/h7-12,14-15,21H,13H2,1-6H3,(H,26,30). The molecule has 1 atom stereocenters. The fraction of sp³-hybridized carbons (Fsp3) is 0.417. The number of nitrogens with one attached hydrogen (secondary N) is 1. The van der Waals surface area contributed by atoms with Crippen molar-refractivity contribution in [1.29, 1.82) is 0 Å². The molecule has 1 unspecified atom stereocenters. The molecule has 1 N–H and O–H groups in total. The largest absolute Gasteiger partial charge is 0.338 e. The molecule has 0 bridgehead atoms. The molecule has 0 aliphatic carbocycles. The van der Waals surface area contributed by atoms with Crippen molar-refractivity contribution in [2.24, 2.45) is 0 Å². The molecule has 1 aliphatic heterocycles. The minimum atomic E-state index is -4.20. The lowest BCUT2D eigenvalue weighted by molar-refractivity contribution is -0.136. The molecule has 2 amide bonds. The van der Waals surface area contributed by atoms with Crippen LogP contribution >= 0.6 is 11.6 Å². The number of para-hydroxylation sites is 2. The first-order valence-electron chi connectivity index (χ1n) is 10.9. The maximum absolute atomic E-state index is 14.0. The van der Waals surface area contributed by atoms with Crippen LogP contribution in [0.1, 0.15) is 45.2 Å². The van der Waals surface area contributed by atoms with Gasteiger partial charge in [0.25, 0.3) is 10.0 Å². The molecule has 0 radical (unpaired) electrons. The lowest BCUT2D eigenvalue weighted by atomic mass is 10.1. The summed E-state index contributed by atoms with van der Waals surface area (Å²) in [6.45, 7) is 10.9. The molecule has 2 aromatic rings. The summed E-state index contributed by atoms with van der Waals surface area (Å²) in [6.07, 6.45) is -0.276. The van der Waals surface area contributed by atoms with Crippen molar-refractivity contribution in [2.75, 3.05) is 9.62 Å². The first kappa shape index (κ1) is 25.1. The van der Waals surface area contributed by atoms with Crippen LogP contribution in [-0.4, -0.2) is 43.3 Å². The summed E-state index contributed by atoms with van der Waals surface area (Å²) in [4.78, 5) is 28.1. The number of aryl methyl sites for hydroxylation is 2. The number of anilines is 2. The van der Waals surface area contributed by atoms with Gasteiger partial charge in [-0.2, -0.15) is 0 Å². The number of hydrogen-bond acceptors (Lipinski definition) is 4. The average Bonchev–Trinajstić information content (AvgIpc) is 2.70. The molecule has 3 rings (SSSR count). The minimum absolute atomic E-state index is 0.0518. The van der Waals surface area contributed by atoms with E-state index in [1.807, 2.05) is 27.7 Å². The van der Waals surface area contributed by atoms with Gasteiger partial charge in [-0.1, -0.05) is 23.7 Å². The second-order valence-corrected chi connectivity index (χ2v) is 11.1. The smallest absolute Gasteiger partial charge is 0.265 e. The Morgan fingerprint density at radius 3 is 2.30 bits per heavy atom. The Hall–Kier alpha value is -2.58. The van der Waals surface area contributed by atoms with Crippen LogP contribution in [-0.2, 0) is 19.6 Å². The van der Waals surface area contributed by atoms with Crippen LogP contribution in [0.5, 0.6) is 0 Å². The summed E-state index contributed by atoms with van der Waals surface area (Å²) in [7, 11) is -4.20. The molecule has 0 aromatic heterocycles. The van der Waals surface area contributed by atoms with Crippen LogP contribution < -0.4 is 9.62 Å². The molecule has 2 aromatic carbocycles. The maximum Gasteiger partial charge on any atom is 0.265 e. The molecular weight excluding hydrogens is 462 g/mol. The van der Waals surface area contributed by atoms with E-state index >= 15 is 0 Å². The van der Waals surface area contributed by atoms with Gasteiger partial charge in [-0.05, 0) is 76.9 Å². The normalized spacial score (nSPS) is 16.1. The van der Waals surface area contributed by atoms with E-state index < -0.39 is 22.0 Å². The van der Waals surface area contributed by atoms with E-state index in [-0.39, 0.29) is 29.3 Å². The highest BCUT2D eigenvalue weighted by Gasteiger charge is 2.43. The number of rotatable bonds is 6. The topological polar surface area (TPSA) is 86.8 Å². The first-order chi connectivity index (χ1) is 15.4. The summed E-state index contributed by atoms with van der Waals surface area (Å²) >= 11 is 6.19. The predicted octanol–water partition coefficient (Wildman–Crippen LogP) is 4.51. The first-order valence-corrected chi connectivity index (χ1v) is 12.7. The zero-order valence-electron chi connectivity index (χ0n) is 19.7. The molecule has 0 saturated carbocycles. The Morgan fingerprint density at radius 2 is 1.70 bits per heavy atom. The fourth-order valence-corrected chi connectivity index (χ4v) is 6.46. The number of fused-ring (bicyclic) bond motifs is 1. The average molecular weight is 492 g/mol. The molecular formula is C24H30ClN3O4S. The van der Waals surface area contributed by atoms with Gasteiger partial charge in [-0.3, -0.25) is 13.9 Å². The van der Waals surface area contributed by atoms with Crippen molar-refractivity contribution in [1.82, 2.24) is 4.90 Å². The SMILES string of the molecule is Cc1cc(S(=O)(=O)N2c3ccccc3NC(=O)C2CC(=O)N(C(C)C)C(C)C)c(C)cc1Cl. The van der Waals surface area contributed by atoms with Crippen molar-refractivity contribution in [3.8, 4) is 0 Å². The number of carbonyl (C=O) groups is 2. The second kappa shape index (κ2) is 9.35. The van der Waals surface area contributed by atoms with Crippen LogP contribution in [0.4, 0.5) is 11.4 Å². The lowest BCUT2D eigenvalue weighted by Crippen LogP contribution is -2.54. The van der Waals surface area contributed by atoms with Crippen LogP contribution in [0.3, 0.4) is 0 Å². The number of benzene rings is 2. The second-order valence-electron chi connectivity index (χ2n) is 8.88. The van der Waals surface area contributed by atoms with Crippen molar-refractivity contribution in [3.05, 3.63) is 52.5 Å². The molecule has 178 valence electrons. The summed E-state index contributed by atoms with van der Waals surface area (Å²) in [5.74, 6) is -0.829. The lowest BCUT2D eigenvalue weighted by Gasteiger charge is -2.39. The molecule has 0 saturated heterocycles. The Bertz CT molecular complexity index is 1190. The van der Waals surface area contributed by atoms with Gasteiger partial charge in [0.05, 0.1) is 22.7 Å². The molecule has 7 nitrogen and oxygen atoms in total. The van der Waals surface area contributed by atoms with Gasteiger partial charge in [0.15, 0.2) is 0 Å². The number of amides is 2. The summed E-state index contributed by atoms with van der Waals surface area (Å²) in [5.41, 5.74) is 1.77. The van der Waals surface area contributed by atoms with E-state index in [1.54, 1.807) is 49.1 Å². The molecule has 9 heteroatoms. The third-order valence-corrected chi connectivity index (χ3v) is 8.12. The summed E-state index contributed by atoms with van der Waals surface area (Å²) in [6, 6.07) is 8.37. The van der Waals surface area contributed by atoms with Gasteiger partial charge < -0.3 is 10.2 Å². The van der Waals surface area contributed by atoms with E-state index in [1.165, 1.54) is 6.07 Å². The van der Waals surface area contributed by atoms with E-state index in [2.05, 4.69) is 5.32 Å². The Morgan fingerprint density at radius 1 is 1.09 bits per heavy atom. The van der Waals surface area contributed by atoms with E-state index in [0.717, 1.165) is 4.31 Å². The fourth-order valence-electron chi connectivity index (χ4n) is 4.32. The van der Waals surface area contributed by atoms with Gasteiger partial charge in [0.1, 0.15) is 6.04 Å². The predicted molar refractivity (Wildman–Crippen MR) is 131 cm³/mol. The van der Waals surface area contributed by atoms with Gasteiger partial charge in [-0.25, -0.2) is 8.42 Å². The van der Waals surface area contributed by atoms with Crippen LogP contribution in [0.25, 0.3) is 0 Å². The third-order valence-electron chi connectivity index (χ3n) is 5.75. The van der Waals surface area contributed by atoms with Crippen molar-refractivity contribution in [3.63, 3.8) is 0 Å². The van der Waals surface area contributed by atoms with Crippen LogP contribution in [0.2, 0.25) is 5.02 Å². The van der Waals surface area contributed by atoms with Crippen molar-refractivity contribution in [2.45, 2.75) is 71.0 Å². The highest BCUT2D eigenvalue weighted by molar-refractivity contribution is 7.93. The maximum atomic E-state index is 14.0. The van der Waals surface area contributed by atoms with Gasteiger partial charge in [0, 0.05) is 17.1 Å². The molecule has 33 heavy (non-hydrogen) atoms. The Labute approximate surface area is 200 Å². The van der Waals surface area contributed by atoms with Crippen molar-refractivity contribution >= 4 is 44.8 Å². The molecule has 0 fully saturated rings. The highest BCUT2D eigenvalue weighted by atomic mass is 35.5. The third kappa shape index (κ3) is 4.73. The Balaban J connectivity index is 2.16. The van der Waals surface area contributed by atoms with E-state index in [9.17, 15) is 18.0 Å². The zero-order valence-corrected chi connectivity index (χ0v) is 21.3. The molecule has 1 aliphatic rings. The summed E-state index contributed by atoms with van der Waals surface area (Å²) in [5, 5.41) is 3.22. The quantitative estimate of drug-likeness (QED) is 0.644. The van der Waals surface area contributed by atoms with Gasteiger partial charge in [0.2, 0.25) is 11.8 Å². The number of hydrogen-bond donors (Lipinski definition) is 1. The van der Waals surface area contributed by atoms with Gasteiger partial charge >= 0.3 is 0 Å². The van der Waals surface area contributed by atoms with Crippen molar-refractivity contribution < 1.29 is 18.0 Å². The Kier molecular flexibility index (Phi) is 7.10. The number of sulfonamides is 1. The van der Waals surface area contributed by atoms with Gasteiger partial charge in [-0.15, -0.1) is 0 Å². The molecule has 1 heterocycles. The summed E-state index contributed by atoms with van der Waals surface area (Å²) < 4.78 is 29.1. The monoisotopic (exact) mass is 491 g/mol. The zero-order chi connectivity index (χ0) is 24.7. The molecule has 0 spiro atoms. The number of carbonyl (C=O) groups excluding carboxylic acids is 2. The number of nitrogens with zero attached hydrogens (tertiary/aromatic N) is 2.